The highest BCUT2D eigenvalue weighted by molar-refractivity contribution is 5.94. The second-order valence-corrected chi connectivity index (χ2v) is 10.2. The predicted octanol–water partition coefficient (Wildman–Crippen LogP) is 4.41. The van der Waals surface area contributed by atoms with Crippen molar-refractivity contribution in [2.75, 3.05) is 62.0 Å². The van der Waals surface area contributed by atoms with Gasteiger partial charge in [-0.1, -0.05) is 18.2 Å². The van der Waals surface area contributed by atoms with Gasteiger partial charge in [0, 0.05) is 56.5 Å². The van der Waals surface area contributed by atoms with Crippen molar-refractivity contribution in [2.45, 2.75) is 25.8 Å². The summed E-state index contributed by atoms with van der Waals surface area (Å²) >= 11 is 0. The van der Waals surface area contributed by atoms with Gasteiger partial charge in [-0.2, -0.15) is 0 Å². The van der Waals surface area contributed by atoms with Gasteiger partial charge in [0.15, 0.2) is 0 Å². The van der Waals surface area contributed by atoms with Crippen LogP contribution in [-0.4, -0.2) is 77.9 Å². The molecule has 2 N–H and O–H groups in total. The third-order valence-corrected chi connectivity index (χ3v) is 7.74. The van der Waals surface area contributed by atoms with Gasteiger partial charge in [-0.05, 0) is 43.2 Å². The van der Waals surface area contributed by atoms with E-state index in [1.165, 1.54) is 6.92 Å². The number of carbonyl (C=O) groups is 1. The number of ether oxygens (including phenoxy) is 2. The summed E-state index contributed by atoms with van der Waals surface area (Å²) < 4.78 is 13.1. The van der Waals surface area contributed by atoms with Crippen LogP contribution in [-0.2, 0) is 9.53 Å². The van der Waals surface area contributed by atoms with Crippen LogP contribution in [0.4, 0.5) is 23.0 Å². The summed E-state index contributed by atoms with van der Waals surface area (Å²) in [7, 11) is 1.68. The van der Waals surface area contributed by atoms with Gasteiger partial charge < -0.3 is 25.0 Å². The number of hydrogen-bond acceptors (Lipinski definition) is 8. The van der Waals surface area contributed by atoms with Crippen LogP contribution < -0.4 is 20.3 Å². The van der Waals surface area contributed by atoms with Crippen molar-refractivity contribution in [2.24, 2.45) is 0 Å². The van der Waals surface area contributed by atoms with Crippen molar-refractivity contribution < 1.29 is 14.3 Å². The fourth-order valence-corrected chi connectivity index (χ4v) is 5.70. The summed E-state index contributed by atoms with van der Waals surface area (Å²) in [6, 6.07) is 18.5. The van der Waals surface area contributed by atoms with Crippen molar-refractivity contribution >= 4 is 34.4 Å². The number of carbonyl (C=O) groups excluding carboxylic acids is 1. The maximum Gasteiger partial charge on any atom is 0.245 e. The Kier molecular flexibility index (Phi) is 7.52. The van der Waals surface area contributed by atoms with E-state index in [9.17, 15) is 4.79 Å². The Labute approximate surface area is 233 Å². The van der Waals surface area contributed by atoms with E-state index in [0.717, 1.165) is 91.8 Å². The summed E-state index contributed by atoms with van der Waals surface area (Å²) in [6.45, 7) is 7.32. The molecule has 0 atom stereocenters. The van der Waals surface area contributed by atoms with E-state index in [0.29, 0.717) is 12.0 Å². The first-order chi connectivity index (χ1) is 19.6. The van der Waals surface area contributed by atoms with E-state index in [2.05, 4.69) is 37.6 Å². The highest BCUT2D eigenvalue weighted by Crippen LogP contribution is 2.34. The zero-order valence-corrected chi connectivity index (χ0v) is 23.0. The van der Waals surface area contributed by atoms with Crippen LogP contribution in [0, 0.1) is 0 Å². The molecule has 6 rings (SSSR count). The Bertz CT molecular complexity index is 1490. The van der Waals surface area contributed by atoms with E-state index in [1.54, 1.807) is 13.3 Å². The van der Waals surface area contributed by atoms with Crippen LogP contribution >= 0.6 is 0 Å². The molecule has 1 amide bonds. The molecule has 4 heterocycles. The molecular formula is C30H35N7O3. The van der Waals surface area contributed by atoms with Crippen molar-refractivity contribution in [3.8, 4) is 17.0 Å². The molecule has 2 aromatic carbocycles. The number of rotatable bonds is 7. The molecule has 40 heavy (non-hydrogen) atoms. The van der Waals surface area contributed by atoms with Gasteiger partial charge in [-0.3, -0.25) is 9.69 Å². The third-order valence-electron chi connectivity index (χ3n) is 7.74. The van der Waals surface area contributed by atoms with Crippen molar-refractivity contribution in [1.82, 2.24) is 19.5 Å². The minimum absolute atomic E-state index is 0.123. The lowest BCUT2D eigenvalue weighted by molar-refractivity contribution is -0.114. The average Bonchev–Trinajstić information content (AvgIpc) is 3.41. The zero-order chi connectivity index (χ0) is 27.5. The van der Waals surface area contributed by atoms with E-state index in [4.69, 9.17) is 14.6 Å². The van der Waals surface area contributed by atoms with Gasteiger partial charge >= 0.3 is 0 Å². The second-order valence-electron chi connectivity index (χ2n) is 10.2. The van der Waals surface area contributed by atoms with Crippen molar-refractivity contribution in [3.63, 3.8) is 0 Å². The van der Waals surface area contributed by atoms with Gasteiger partial charge in [0.05, 0.1) is 49.1 Å². The summed E-state index contributed by atoms with van der Waals surface area (Å²) in [5, 5.41) is 11.0. The van der Waals surface area contributed by atoms with Gasteiger partial charge in [-0.15, -0.1) is 5.10 Å². The zero-order valence-electron chi connectivity index (χ0n) is 23.0. The standard InChI is InChI=1S/C30H35N7O3/c1-21(38)32-26-6-4-3-5-25(26)28-10-8-24-20-31-30(34-37(24)28)33-27-9-7-23(19-29(27)39-2)35-13-11-22(12-14-35)36-15-17-40-18-16-36/h3-10,19-20,22H,11-18H2,1-2H3,(H,32,38)(H,33,34). The topological polar surface area (TPSA) is 96.3 Å². The molecule has 2 fully saturated rings. The fourth-order valence-electron chi connectivity index (χ4n) is 5.70. The Morgan fingerprint density at radius 2 is 1.80 bits per heavy atom. The first-order valence-corrected chi connectivity index (χ1v) is 13.8. The molecule has 4 aromatic rings. The molecule has 0 unspecified atom stereocenters. The smallest absolute Gasteiger partial charge is 0.245 e. The van der Waals surface area contributed by atoms with Crippen LogP contribution in [0.2, 0.25) is 0 Å². The number of anilines is 4. The van der Waals surface area contributed by atoms with E-state index in [-0.39, 0.29) is 5.91 Å². The van der Waals surface area contributed by atoms with Crippen molar-refractivity contribution in [3.05, 3.63) is 60.8 Å². The number of hydrogen-bond donors (Lipinski definition) is 2. The molecule has 2 aromatic heterocycles. The number of morpholine rings is 1. The Morgan fingerprint density at radius 3 is 2.58 bits per heavy atom. The summed E-state index contributed by atoms with van der Waals surface area (Å²) in [4.78, 5) is 21.3. The molecule has 0 radical (unpaired) electrons. The van der Waals surface area contributed by atoms with Crippen molar-refractivity contribution in [1.29, 1.82) is 0 Å². The Hall–Kier alpha value is -4.15. The fraction of sp³-hybridized carbons (Fsp3) is 0.367. The highest BCUT2D eigenvalue weighted by Gasteiger charge is 2.26. The molecule has 2 saturated heterocycles. The van der Waals surface area contributed by atoms with Crippen LogP contribution in [0.3, 0.4) is 0 Å². The number of nitrogens with zero attached hydrogens (tertiary/aromatic N) is 5. The number of benzene rings is 2. The monoisotopic (exact) mass is 541 g/mol. The predicted molar refractivity (Wildman–Crippen MR) is 157 cm³/mol. The minimum Gasteiger partial charge on any atom is -0.494 e. The SMILES string of the molecule is COc1cc(N2CCC(N3CCOCC3)CC2)ccc1Nc1ncc2ccc(-c3ccccc3NC(C)=O)n2n1. The van der Waals surface area contributed by atoms with Gasteiger partial charge in [0.25, 0.3) is 0 Å². The highest BCUT2D eigenvalue weighted by atomic mass is 16.5. The average molecular weight is 542 g/mol. The molecule has 2 aliphatic rings. The van der Waals surface area contributed by atoms with Crippen LogP contribution in [0.15, 0.2) is 60.8 Å². The number of methoxy groups -OCH3 is 1. The first-order valence-electron chi connectivity index (χ1n) is 13.8. The lowest BCUT2D eigenvalue weighted by atomic mass is 10.0. The van der Waals surface area contributed by atoms with Gasteiger partial charge in [0.2, 0.25) is 11.9 Å². The molecule has 208 valence electrons. The number of fused-ring (bicyclic) bond motifs is 1. The van der Waals surface area contributed by atoms with Crippen LogP contribution in [0.1, 0.15) is 19.8 Å². The van der Waals surface area contributed by atoms with E-state index >= 15 is 0 Å². The summed E-state index contributed by atoms with van der Waals surface area (Å²) in [5.41, 5.74) is 5.26. The summed E-state index contributed by atoms with van der Waals surface area (Å²) in [6.07, 6.45) is 4.08. The Balaban J connectivity index is 1.20. The molecule has 10 nitrogen and oxygen atoms in total. The number of piperidine rings is 1. The van der Waals surface area contributed by atoms with Gasteiger partial charge in [0.1, 0.15) is 5.75 Å². The number of nitrogens with one attached hydrogen (secondary N) is 2. The number of amides is 1. The maximum atomic E-state index is 11.7. The van der Waals surface area contributed by atoms with E-state index < -0.39 is 0 Å². The van der Waals surface area contributed by atoms with Gasteiger partial charge in [-0.25, -0.2) is 9.50 Å². The summed E-state index contributed by atoms with van der Waals surface area (Å²) in [5.74, 6) is 1.06. The molecule has 0 bridgehead atoms. The lowest BCUT2D eigenvalue weighted by Crippen LogP contribution is -2.49. The Morgan fingerprint density at radius 1 is 1.00 bits per heavy atom. The minimum atomic E-state index is -0.123. The number of para-hydroxylation sites is 1. The van der Waals surface area contributed by atoms with Crippen LogP contribution in [0.5, 0.6) is 5.75 Å². The molecule has 0 aliphatic carbocycles. The normalized spacial score (nSPS) is 16.7. The quantitative estimate of drug-likeness (QED) is 0.355. The first kappa shape index (κ1) is 26.1. The molecule has 0 saturated carbocycles. The third kappa shape index (κ3) is 5.45. The molecule has 10 heteroatoms. The van der Waals surface area contributed by atoms with E-state index in [1.807, 2.05) is 47.0 Å². The number of aromatic nitrogens is 3. The lowest BCUT2D eigenvalue weighted by Gasteiger charge is -2.40. The second kappa shape index (κ2) is 11.5. The molecule has 2 aliphatic heterocycles. The maximum absolute atomic E-state index is 11.7. The van der Waals surface area contributed by atoms with Crippen LogP contribution in [0.25, 0.3) is 16.8 Å². The molecule has 0 spiro atoms. The largest absolute Gasteiger partial charge is 0.494 e. The molecular weight excluding hydrogens is 506 g/mol.